The fourth-order valence-corrected chi connectivity index (χ4v) is 3.01. The van der Waals surface area contributed by atoms with Crippen molar-refractivity contribution in [2.24, 2.45) is 5.92 Å². The molecule has 2 heterocycles. The highest BCUT2D eigenvalue weighted by Gasteiger charge is 2.26. The SMILES string of the molecule is N#Cc1ccc(N2CCC(C(=O)Nc3cc(Cl)ccc3F)CC2)nc1. The van der Waals surface area contributed by atoms with Gasteiger partial charge in [-0.1, -0.05) is 11.6 Å². The van der Waals surface area contributed by atoms with E-state index >= 15 is 0 Å². The molecule has 1 saturated heterocycles. The van der Waals surface area contributed by atoms with Gasteiger partial charge in [0.1, 0.15) is 17.7 Å². The van der Waals surface area contributed by atoms with Crippen LogP contribution in [0.2, 0.25) is 5.02 Å². The zero-order valence-corrected chi connectivity index (χ0v) is 14.1. The summed E-state index contributed by atoms with van der Waals surface area (Å²) < 4.78 is 13.7. The number of rotatable bonds is 3. The maximum Gasteiger partial charge on any atom is 0.227 e. The number of benzene rings is 1. The number of pyridine rings is 1. The van der Waals surface area contributed by atoms with E-state index < -0.39 is 5.82 Å². The highest BCUT2D eigenvalue weighted by atomic mass is 35.5. The second-order valence-electron chi connectivity index (χ2n) is 5.89. The van der Waals surface area contributed by atoms with Crippen molar-refractivity contribution in [1.82, 2.24) is 4.98 Å². The van der Waals surface area contributed by atoms with Gasteiger partial charge in [-0.05, 0) is 43.2 Å². The first-order valence-corrected chi connectivity index (χ1v) is 8.31. The molecule has 3 rings (SSSR count). The lowest BCUT2D eigenvalue weighted by molar-refractivity contribution is -0.120. The van der Waals surface area contributed by atoms with Gasteiger partial charge in [-0.3, -0.25) is 4.79 Å². The number of anilines is 2. The summed E-state index contributed by atoms with van der Waals surface area (Å²) in [6.07, 6.45) is 2.83. The van der Waals surface area contributed by atoms with Gasteiger partial charge in [-0.15, -0.1) is 0 Å². The van der Waals surface area contributed by atoms with Gasteiger partial charge in [-0.2, -0.15) is 5.26 Å². The third kappa shape index (κ3) is 4.06. The fraction of sp³-hybridized carbons (Fsp3) is 0.278. The first-order chi connectivity index (χ1) is 12.1. The van der Waals surface area contributed by atoms with Crippen molar-refractivity contribution < 1.29 is 9.18 Å². The second-order valence-corrected chi connectivity index (χ2v) is 6.33. The number of halogens is 2. The molecule has 1 amide bonds. The third-order valence-electron chi connectivity index (χ3n) is 4.25. The predicted octanol–water partition coefficient (Wildman–Crippen LogP) is 3.60. The van der Waals surface area contributed by atoms with E-state index in [1.807, 2.05) is 6.07 Å². The van der Waals surface area contributed by atoms with Crippen LogP contribution >= 0.6 is 11.6 Å². The summed E-state index contributed by atoms with van der Waals surface area (Å²) in [7, 11) is 0. The van der Waals surface area contributed by atoms with Crippen LogP contribution in [0.4, 0.5) is 15.9 Å². The van der Waals surface area contributed by atoms with Crippen LogP contribution in [-0.2, 0) is 4.79 Å². The summed E-state index contributed by atoms with van der Waals surface area (Å²) in [5, 5.41) is 11.8. The average molecular weight is 359 g/mol. The van der Waals surface area contributed by atoms with Crippen molar-refractivity contribution in [2.45, 2.75) is 12.8 Å². The number of amides is 1. The Morgan fingerprint density at radius 3 is 2.72 bits per heavy atom. The smallest absolute Gasteiger partial charge is 0.227 e. The van der Waals surface area contributed by atoms with Crippen LogP contribution in [0.5, 0.6) is 0 Å². The average Bonchev–Trinajstić information content (AvgIpc) is 2.65. The van der Waals surface area contributed by atoms with Crippen molar-refractivity contribution in [3.63, 3.8) is 0 Å². The summed E-state index contributed by atoms with van der Waals surface area (Å²) >= 11 is 5.84. The van der Waals surface area contributed by atoms with Gasteiger partial charge in [0.15, 0.2) is 0 Å². The van der Waals surface area contributed by atoms with Gasteiger partial charge in [0.25, 0.3) is 0 Å². The zero-order valence-electron chi connectivity index (χ0n) is 13.4. The van der Waals surface area contributed by atoms with E-state index in [1.165, 1.54) is 24.4 Å². The first-order valence-electron chi connectivity index (χ1n) is 7.94. The van der Waals surface area contributed by atoms with E-state index in [9.17, 15) is 9.18 Å². The Kier molecular flexibility index (Phi) is 5.15. The van der Waals surface area contributed by atoms with Crippen LogP contribution < -0.4 is 10.2 Å². The zero-order chi connectivity index (χ0) is 17.8. The van der Waals surface area contributed by atoms with Gasteiger partial charge in [-0.25, -0.2) is 9.37 Å². The van der Waals surface area contributed by atoms with Crippen LogP contribution in [0.1, 0.15) is 18.4 Å². The largest absolute Gasteiger partial charge is 0.357 e. The Morgan fingerprint density at radius 1 is 1.32 bits per heavy atom. The number of hydrogen-bond donors (Lipinski definition) is 1. The van der Waals surface area contributed by atoms with Crippen LogP contribution in [0.3, 0.4) is 0 Å². The Bertz CT molecular complexity index is 811. The van der Waals surface area contributed by atoms with Crippen molar-refractivity contribution in [3.8, 4) is 6.07 Å². The van der Waals surface area contributed by atoms with Crippen LogP contribution in [0.15, 0.2) is 36.5 Å². The molecule has 0 bridgehead atoms. The van der Waals surface area contributed by atoms with Crippen LogP contribution in [-0.4, -0.2) is 24.0 Å². The first kappa shape index (κ1) is 17.2. The second kappa shape index (κ2) is 7.49. The Labute approximate surface area is 150 Å². The molecule has 0 aliphatic carbocycles. The molecule has 0 unspecified atom stereocenters. The van der Waals surface area contributed by atoms with Gasteiger partial charge < -0.3 is 10.2 Å². The number of carbonyl (C=O) groups is 1. The maximum atomic E-state index is 13.7. The molecule has 0 saturated carbocycles. The van der Waals surface area contributed by atoms with E-state index in [1.54, 1.807) is 12.1 Å². The highest BCUT2D eigenvalue weighted by molar-refractivity contribution is 6.30. The van der Waals surface area contributed by atoms with Crippen LogP contribution in [0, 0.1) is 23.1 Å². The molecule has 1 aliphatic rings. The van der Waals surface area contributed by atoms with Crippen molar-refractivity contribution in [3.05, 3.63) is 52.9 Å². The predicted molar refractivity (Wildman–Crippen MR) is 93.9 cm³/mol. The maximum absolute atomic E-state index is 13.7. The van der Waals surface area contributed by atoms with E-state index in [2.05, 4.69) is 15.2 Å². The summed E-state index contributed by atoms with van der Waals surface area (Å²) in [6, 6.07) is 9.65. The molecule has 1 aromatic carbocycles. The van der Waals surface area contributed by atoms with E-state index in [0.29, 0.717) is 36.5 Å². The van der Waals surface area contributed by atoms with Gasteiger partial charge in [0, 0.05) is 30.2 Å². The molecule has 1 aliphatic heterocycles. The quantitative estimate of drug-likeness (QED) is 0.910. The molecule has 0 radical (unpaired) electrons. The summed E-state index contributed by atoms with van der Waals surface area (Å²) in [4.78, 5) is 18.7. The lowest BCUT2D eigenvalue weighted by Gasteiger charge is -2.32. The molecule has 0 spiro atoms. The lowest BCUT2D eigenvalue weighted by atomic mass is 9.95. The normalized spacial score (nSPS) is 14.8. The third-order valence-corrected chi connectivity index (χ3v) is 4.49. The van der Waals surface area contributed by atoms with E-state index in [-0.39, 0.29) is 17.5 Å². The highest BCUT2D eigenvalue weighted by Crippen LogP contribution is 2.25. The number of carbonyl (C=O) groups excluding carboxylic acids is 1. The van der Waals surface area contributed by atoms with Crippen LogP contribution in [0.25, 0.3) is 0 Å². The van der Waals surface area contributed by atoms with Crippen molar-refractivity contribution >= 4 is 29.0 Å². The number of nitriles is 1. The minimum Gasteiger partial charge on any atom is -0.357 e. The number of nitrogens with zero attached hydrogens (tertiary/aromatic N) is 3. The van der Waals surface area contributed by atoms with E-state index in [0.717, 1.165) is 5.82 Å². The fourth-order valence-electron chi connectivity index (χ4n) is 2.84. The van der Waals surface area contributed by atoms with Crippen molar-refractivity contribution in [1.29, 1.82) is 5.26 Å². The summed E-state index contributed by atoms with van der Waals surface area (Å²) in [5.41, 5.74) is 0.621. The molecule has 0 atom stereocenters. The summed E-state index contributed by atoms with van der Waals surface area (Å²) in [5.74, 6) is -0.0997. The molecule has 2 aromatic rings. The number of piperidine rings is 1. The molecule has 25 heavy (non-hydrogen) atoms. The topological polar surface area (TPSA) is 69.0 Å². The molecule has 5 nitrogen and oxygen atoms in total. The Morgan fingerprint density at radius 2 is 2.08 bits per heavy atom. The molecular weight excluding hydrogens is 343 g/mol. The lowest BCUT2D eigenvalue weighted by Crippen LogP contribution is -2.38. The van der Waals surface area contributed by atoms with Crippen molar-refractivity contribution in [2.75, 3.05) is 23.3 Å². The summed E-state index contributed by atoms with van der Waals surface area (Å²) in [6.45, 7) is 1.35. The molecular formula is C18H16ClFN4O. The molecule has 1 fully saturated rings. The number of hydrogen-bond acceptors (Lipinski definition) is 4. The molecule has 1 N–H and O–H groups in total. The number of aromatic nitrogens is 1. The van der Waals surface area contributed by atoms with Gasteiger partial charge in [0.05, 0.1) is 11.3 Å². The standard InChI is InChI=1S/C18H16ClFN4O/c19-14-2-3-15(20)16(9-14)23-18(25)13-5-7-24(8-6-13)17-4-1-12(10-21)11-22-17/h1-4,9,11,13H,5-8H2,(H,23,25). The number of nitrogens with one attached hydrogen (secondary N) is 1. The molecule has 7 heteroatoms. The Balaban J connectivity index is 1.58. The molecule has 128 valence electrons. The monoisotopic (exact) mass is 358 g/mol. The minimum atomic E-state index is -0.503. The van der Waals surface area contributed by atoms with Gasteiger partial charge >= 0.3 is 0 Å². The minimum absolute atomic E-state index is 0.105. The van der Waals surface area contributed by atoms with E-state index in [4.69, 9.17) is 16.9 Å². The molecule has 1 aromatic heterocycles. The van der Waals surface area contributed by atoms with Gasteiger partial charge in [0.2, 0.25) is 5.91 Å². The Hall–Kier alpha value is -2.65.